The van der Waals surface area contributed by atoms with E-state index < -0.39 is 34.9 Å². The van der Waals surface area contributed by atoms with Crippen molar-refractivity contribution in [3.8, 4) is 0 Å². The number of hydrogen-bond acceptors (Lipinski definition) is 4. The smallest absolute Gasteiger partial charge is 0.344 e. The Labute approximate surface area is 172 Å². The molecule has 0 radical (unpaired) electrons. The Hall–Kier alpha value is -3.27. The minimum absolute atomic E-state index is 0.234. The number of alkyl halides is 2. The second-order valence-electron chi connectivity index (χ2n) is 6.30. The molecular weight excluding hydrogens is 422 g/mol. The van der Waals surface area contributed by atoms with Crippen LogP contribution in [0.3, 0.4) is 0 Å². The molecule has 0 aliphatic carbocycles. The van der Waals surface area contributed by atoms with Crippen LogP contribution >= 0.6 is 11.3 Å². The van der Waals surface area contributed by atoms with Gasteiger partial charge in [-0.25, -0.2) is 13.8 Å². The summed E-state index contributed by atoms with van der Waals surface area (Å²) in [7, 11) is 0. The minimum Gasteiger partial charge on any atom is -0.344 e. The highest BCUT2D eigenvalue weighted by molar-refractivity contribution is 7.09. The summed E-state index contributed by atoms with van der Waals surface area (Å²) in [5, 5.41) is 6.44. The number of aromatic nitrogens is 1. The van der Waals surface area contributed by atoms with Gasteiger partial charge in [-0.15, -0.1) is 11.3 Å². The summed E-state index contributed by atoms with van der Waals surface area (Å²) in [6.45, 7) is 1.25. The summed E-state index contributed by atoms with van der Waals surface area (Å²) in [5.41, 5.74) is -1.02. The molecular formula is C20H15F4N3O2S. The number of halogens is 4. The van der Waals surface area contributed by atoms with Crippen molar-refractivity contribution in [3.05, 3.63) is 81.3 Å². The number of carbonyl (C=O) groups is 2. The quantitative estimate of drug-likeness (QED) is 0.562. The van der Waals surface area contributed by atoms with E-state index in [1.807, 2.05) is 5.32 Å². The molecule has 30 heavy (non-hydrogen) atoms. The zero-order valence-electron chi connectivity index (χ0n) is 15.5. The zero-order chi connectivity index (χ0) is 21.9. The fraction of sp³-hybridized carbons (Fsp3) is 0.150. The van der Waals surface area contributed by atoms with Gasteiger partial charge in [-0.05, 0) is 48.9 Å². The van der Waals surface area contributed by atoms with Crippen LogP contribution in [0, 0.1) is 18.6 Å². The van der Waals surface area contributed by atoms with Crippen molar-refractivity contribution in [2.45, 2.75) is 19.4 Å². The van der Waals surface area contributed by atoms with Crippen LogP contribution in [0.1, 0.15) is 26.5 Å². The van der Waals surface area contributed by atoms with Gasteiger partial charge in [-0.2, -0.15) is 8.78 Å². The van der Waals surface area contributed by atoms with E-state index in [2.05, 4.69) is 10.3 Å². The van der Waals surface area contributed by atoms with Crippen molar-refractivity contribution in [2.24, 2.45) is 0 Å². The van der Waals surface area contributed by atoms with E-state index in [1.54, 1.807) is 5.38 Å². The third kappa shape index (κ3) is 4.65. The Morgan fingerprint density at radius 2 is 1.83 bits per heavy atom. The first-order valence-electron chi connectivity index (χ1n) is 8.60. The van der Waals surface area contributed by atoms with Crippen molar-refractivity contribution >= 4 is 28.8 Å². The molecule has 1 heterocycles. The fourth-order valence-corrected chi connectivity index (χ4v) is 3.12. The van der Waals surface area contributed by atoms with Gasteiger partial charge in [-0.3, -0.25) is 9.59 Å². The molecule has 3 aromatic rings. The molecule has 0 spiro atoms. The molecule has 0 bridgehead atoms. The van der Waals surface area contributed by atoms with Gasteiger partial charge in [0, 0.05) is 22.8 Å². The third-order valence-electron chi connectivity index (χ3n) is 4.15. The predicted octanol–water partition coefficient (Wildman–Crippen LogP) is 4.39. The number of benzene rings is 2. The number of carbonyl (C=O) groups excluding carboxylic acids is 2. The Morgan fingerprint density at radius 1 is 1.10 bits per heavy atom. The molecule has 0 aliphatic rings. The van der Waals surface area contributed by atoms with Gasteiger partial charge >= 0.3 is 5.92 Å². The lowest BCUT2D eigenvalue weighted by Gasteiger charge is -2.17. The fourth-order valence-electron chi connectivity index (χ4n) is 2.56. The zero-order valence-corrected chi connectivity index (χ0v) is 16.3. The average Bonchev–Trinajstić information content (AvgIpc) is 3.22. The highest BCUT2D eigenvalue weighted by Gasteiger charge is 2.43. The number of nitrogens with zero attached hydrogens (tertiary/aromatic N) is 1. The average molecular weight is 437 g/mol. The number of nitrogens with one attached hydrogen (secondary N) is 2. The summed E-state index contributed by atoms with van der Waals surface area (Å²) >= 11 is 1.16. The highest BCUT2D eigenvalue weighted by Crippen LogP contribution is 2.31. The molecule has 0 fully saturated rings. The van der Waals surface area contributed by atoms with Gasteiger partial charge in [0.25, 0.3) is 11.8 Å². The lowest BCUT2D eigenvalue weighted by Crippen LogP contribution is -2.38. The standard InChI is InChI=1S/C20H15F4N3O2S/c1-11-8-13(3-5-15(11)21)27-18(28)12-2-4-16(22)14(9-12)20(23,24)19(29)26-10-17-25-6-7-30-17/h2-9H,10H2,1H3,(H,26,29)(H,27,28). The van der Waals surface area contributed by atoms with E-state index in [0.717, 1.165) is 23.5 Å². The van der Waals surface area contributed by atoms with Crippen LogP contribution in [0.15, 0.2) is 48.0 Å². The maximum absolute atomic E-state index is 14.6. The number of hydrogen-bond donors (Lipinski definition) is 2. The summed E-state index contributed by atoms with van der Waals surface area (Å²) in [4.78, 5) is 28.2. The normalized spacial score (nSPS) is 11.2. The first-order valence-corrected chi connectivity index (χ1v) is 9.48. The molecule has 1 aromatic heterocycles. The molecule has 5 nitrogen and oxygen atoms in total. The summed E-state index contributed by atoms with van der Waals surface area (Å²) in [6.07, 6.45) is 1.45. The SMILES string of the molecule is Cc1cc(NC(=O)c2ccc(F)c(C(F)(F)C(=O)NCc3nccs3)c2)ccc1F. The minimum atomic E-state index is -4.22. The van der Waals surface area contributed by atoms with Gasteiger partial charge in [0.05, 0.1) is 12.1 Å². The number of aryl methyl sites for hydroxylation is 1. The van der Waals surface area contributed by atoms with Crippen LogP contribution in [-0.2, 0) is 17.3 Å². The second-order valence-corrected chi connectivity index (χ2v) is 7.27. The molecule has 0 atom stereocenters. The van der Waals surface area contributed by atoms with Crippen LogP contribution in [0.5, 0.6) is 0 Å². The van der Waals surface area contributed by atoms with Crippen molar-refractivity contribution in [1.29, 1.82) is 0 Å². The van der Waals surface area contributed by atoms with Crippen molar-refractivity contribution in [1.82, 2.24) is 10.3 Å². The lowest BCUT2D eigenvalue weighted by atomic mass is 10.0. The van der Waals surface area contributed by atoms with Gasteiger partial charge in [-0.1, -0.05) is 0 Å². The number of rotatable bonds is 6. The summed E-state index contributed by atoms with van der Waals surface area (Å²) in [6, 6.07) is 6.10. The first-order chi connectivity index (χ1) is 14.2. The maximum Gasteiger partial charge on any atom is 0.352 e. The molecule has 2 amide bonds. The highest BCUT2D eigenvalue weighted by atomic mass is 32.1. The number of amides is 2. The Kier molecular flexibility index (Phi) is 6.16. The van der Waals surface area contributed by atoms with Gasteiger partial charge < -0.3 is 10.6 Å². The molecule has 2 aromatic carbocycles. The van der Waals surface area contributed by atoms with E-state index in [9.17, 15) is 27.2 Å². The summed E-state index contributed by atoms with van der Waals surface area (Å²) in [5.74, 6) is -8.56. The number of anilines is 1. The van der Waals surface area contributed by atoms with E-state index in [0.29, 0.717) is 17.1 Å². The lowest BCUT2D eigenvalue weighted by molar-refractivity contribution is -0.147. The Morgan fingerprint density at radius 3 is 2.50 bits per heavy atom. The Balaban J connectivity index is 1.79. The maximum atomic E-state index is 14.6. The van der Waals surface area contributed by atoms with Gasteiger partial charge in [0.15, 0.2) is 0 Å². The molecule has 0 saturated heterocycles. The van der Waals surface area contributed by atoms with Gasteiger partial charge in [0.1, 0.15) is 16.6 Å². The first kappa shape index (κ1) is 21.4. The van der Waals surface area contributed by atoms with E-state index in [-0.39, 0.29) is 23.4 Å². The van der Waals surface area contributed by atoms with Crippen LogP contribution in [0.4, 0.5) is 23.2 Å². The predicted molar refractivity (Wildman–Crippen MR) is 103 cm³/mol. The second kappa shape index (κ2) is 8.62. The molecule has 0 saturated carbocycles. The number of thiazole rings is 1. The van der Waals surface area contributed by atoms with E-state index in [1.165, 1.54) is 25.3 Å². The molecule has 0 unspecified atom stereocenters. The van der Waals surface area contributed by atoms with Crippen LogP contribution in [0.2, 0.25) is 0 Å². The van der Waals surface area contributed by atoms with Crippen LogP contribution in [-0.4, -0.2) is 16.8 Å². The molecule has 0 aliphatic heterocycles. The van der Waals surface area contributed by atoms with Crippen molar-refractivity contribution in [2.75, 3.05) is 5.32 Å². The van der Waals surface area contributed by atoms with Crippen LogP contribution < -0.4 is 10.6 Å². The monoisotopic (exact) mass is 437 g/mol. The molecule has 156 valence electrons. The molecule has 3 rings (SSSR count). The van der Waals surface area contributed by atoms with Gasteiger partial charge in [0.2, 0.25) is 0 Å². The molecule has 10 heteroatoms. The van der Waals surface area contributed by atoms with Crippen LogP contribution in [0.25, 0.3) is 0 Å². The topological polar surface area (TPSA) is 71.1 Å². The largest absolute Gasteiger partial charge is 0.352 e. The van der Waals surface area contributed by atoms with Crippen molar-refractivity contribution < 1.29 is 27.2 Å². The van der Waals surface area contributed by atoms with E-state index >= 15 is 0 Å². The third-order valence-corrected chi connectivity index (χ3v) is 4.93. The van der Waals surface area contributed by atoms with Crippen molar-refractivity contribution in [3.63, 3.8) is 0 Å². The summed E-state index contributed by atoms with van der Waals surface area (Å²) < 4.78 is 56.5. The molecule has 2 N–H and O–H groups in total. The van der Waals surface area contributed by atoms with E-state index in [4.69, 9.17) is 0 Å². The Bertz CT molecular complexity index is 1090.